The lowest BCUT2D eigenvalue weighted by molar-refractivity contribution is 0.292. The fraction of sp³-hybridized carbons (Fsp3) is 0.811. The van der Waals surface area contributed by atoms with Crippen LogP contribution in [-0.4, -0.2) is 26.4 Å². The van der Waals surface area contributed by atoms with Crippen molar-refractivity contribution in [2.45, 2.75) is 362 Å². The molecule has 0 aliphatic heterocycles. The van der Waals surface area contributed by atoms with Gasteiger partial charge < -0.3 is 18.9 Å². The molecule has 0 fully saturated rings. The van der Waals surface area contributed by atoms with Gasteiger partial charge in [0.15, 0.2) is 0 Å². The van der Waals surface area contributed by atoms with E-state index in [1.807, 2.05) is 0 Å². The van der Waals surface area contributed by atoms with Gasteiger partial charge in [0, 0.05) is 10.8 Å². The molecule has 0 N–H and O–H groups in total. The minimum Gasteiger partial charge on any atom is -0.493 e. The van der Waals surface area contributed by atoms with E-state index in [1.165, 1.54) is 308 Å². The molecule has 450 valence electrons. The SMILES string of the molecule is CCCCCCCCCCCCCCCOc1c2cccc(OCCCCCCCCCCCCCCC)c2c(OCCCCCCCCCCCCCCC)c2c(OCCCCCCCCCCCCCCC)cccc12. The Hall–Kier alpha value is -2.62. The lowest BCUT2D eigenvalue weighted by atomic mass is 9.98. The normalized spacial score (nSPS) is 11.6. The first kappa shape index (κ1) is 69.6. The molecule has 0 spiro atoms. The molecule has 0 aliphatic rings. The first-order chi connectivity index (χ1) is 38.8. The molecule has 0 aliphatic carbocycles. The Balaban J connectivity index is 1.71. The van der Waals surface area contributed by atoms with Crippen molar-refractivity contribution in [1.29, 1.82) is 0 Å². The van der Waals surface area contributed by atoms with Crippen LogP contribution in [0.4, 0.5) is 0 Å². The topological polar surface area (TPSA) is 36.9 Å². The van der Waals surface area contributed by atoms with Gasteiger partial charge in [-0.25, -0.2) is 0 Å². The minimum atomic E-state index is 0.696. The van der Waals surface area contributed by atoms with Crippen LogP contribution in [0.3, 0.4) is 0 Å². The van der Waals surface area contributed by atoms with Crippen LogP contribution in [0.5, 0.6) is 23.0 Å². The largest absolute Gasteiger partial charge is 0.493 e. The van der Waals surface area contributed by atoms with E-state index in [0.29, 0.717) is 6.61 Å². The van der Waals surface area contributed by atoms with Crippen molar-refractivity contribution in [2.75, 3.05) is 26.4 Å². The van der Waals surface area contributed by atoms with E-state index >= 15 is 0 Å². The number of fused-ring (bicyclic) bond motifs is 2. The predicted molar refractivity (Wildman–Crippen MR) is 346 cm³/mol. The molecule has 3 rings (SSSR count). The quantitative estimate of drug-likeness (QED) is 0.0417. The molecule has 0 unspecified atom stereocenters. The number of rotatable bonds is 60. The van der Waals surface area contributed by atoms with Crippen LogP contribution < -0.4 is 18.9 Å². The van der Waals surface area contributed by atoms with Crippen LogP contribution in [0.15, 0.2) is 36.4 Å². The van der Waals surface area contributed by atoms with Crippen molar-refractivity contribution in [3.8, 4) is 23.0 Å². The molecular weight excluding hydrogens is 953 g/mol. The lowest BCUT2D eigenvalue weighted by Gasteiger charge is -2.22. The van der Waals surface area contributed by atoms with E-state index in [0.717, 1.165) is 90.0 Å². The fourth-order valence-electron chi connectivity index (χ4n) is 11.9. The van der Waals surface area contributed by atoms with E-state index in [4.69, 9.17) is 18.9 Å². The van der Waals surface area contributed by atoms with Crippen LogP contribution >= 0.6 is 0 Å². The minimum absolute atomic E-state index is 0.696. The molecule has 3 aromatic rings. The molecule has 0 heterocycles. The summed E-state index contributed by atoms with van der Waals surface area (Å²) in [5.41, 5.74) is 0. The highest BCUT2D eigenvalue weighted by molar-refractivity contribution is 6.15. The Morgan fingerprint density at radius 3 is 0.628 bits per heavy atom. The third-order valence-corrected chi connectivity index (χ3v) is 17.0. The molecule has 0 atom stereocenters. The van der Waals surface area contributed by atoms with Gasteiger partial charge >= 0.3 is 0 Å². The number of unbranched alkanes of at least 4 members (excludes halogenated alkanes) is 48. The average molecular weight is 1080 g/mol. The van der Waals surface area contributed by atoms with Crippen LogP contribution in [-0.2, 0) is 0 Å². The predicted octanol–water partition coefficient (Wildman–Crippen LogP) is 25.9. The summed E-state index contributed by atoms with van der Waals surface area (Å²) in [6.07, 6.45) is 70.1. The second-order valence-corrected chi connectivity index (χ2v) is 24.4. The Kier molecular flexibility index (Phi) is 46.8. The number of ether oxygens (including phenoxy) is 4. The number of hydrogen-bond donors (Lipinski definition) is 0. The van der Waals surface area contributed by atoms with Crippen molar-refractivity contribution in [3.05, 3.63) is 36.4 Å². The van der Waals surface area contributed by atoms with Gasteiger partial charge in [-0.15, -0.1) is 0 Å². The number of hydrogen-bond acceptors (Lipinski definition) is 4. The Morgan fingerprint density at radius 1 is 0.205 bits per heavy atom. The van der Waals surface area contributed by atoms with Gasteiger partial charge in [-0.2, -0.15) is 0 Å². The maximum absolute atomic E-state index is 7.13. The average Bonchev–Trinajstić information content (AvgIpc) is 3.61. The van der Waals surface area contributed by atoms with Gasteiger partial charge in [-0.1, -0.05) is 360 Å². The first-order valence-electron chi connectivity index (χ1n) is 35.3. The van der Waals surface area contributed by atoms with Gasteiger partial charge in [0.1, 0.15) is 23.0 Å². The summed E-state index contributed by atoms with van der Waals surface area (Å²) in [4.78, 5) is 0. The molecule has 3 aromatic carbocycles. The van der Waals surface area contributed by atoms with E-state index < -0.39 is 0 Å². The highest BCUT2D eigenvalue weighted by atomic mass is 16.5. The van der Waals surface area contributed by atoms with Crippen molar-refractivity contribution in [3.63, 3.8) is 0 Å². The maximum Gasteiger partial charge on any atom is 0.142 e. The summed E-state index contributed by atoms with van der Waals surface area (Å²) in [7, 11) is 0. The standard InChI is InChI=1S/C74H130O4/c1-5-9-13-17-21-25-29-33-37-41-45-49-53-63-75-69-61-57-59-67-71(69)74(78-66-56-52-48-44-40-36-32-28-24-20-16-12-8-4)72-68(73(67)77-65-55-51-47-43-39-35-31-27-23-19-15-11-7-3)60-58-62-70(72)76-64-54-50-46-42-38-34-30-26-22-18-14-10-6-2/h57-62H,5-56,63-66H2,1-4H3. The molecule has 0 amide bonds. The van der Waals surface area contributed by atoms with Gasteiger partial charge in [-0.3, -0.25) is 0 Å². The third kappa shape index (κ3) is 34.6. The van der Waals surface area contributed by atoms with Gasteiger partial charge in [0.25, 0.3) is 0 Å². The summed E-state index contributed by atoms with van der Waals surface area (Å²) in [5.74, 6) is 3.73. The van der Waals surface area contributed by atoms with Crippen LogP contribution in [0.25, 0.3) is 21.5 Å². The smallest absolute Gasteiger partial charge is 0.142 e. The van der Waals surface area contributed by atoms with Gasteiger partial charge in [0.2, 0.25) is 0 Å². The molecule has 0 aromatic heterocycles. The monoisotopic (exact) mass is 1080 g/mol. The Morgan fingerprint density at radius 2 is 0.397 bits per heavy atom. The van der Waals surface area contributed by atoms with Crippen molar-refractivity contribution in [1.82, 2.24) is 0 Å². The molecule has 0 saturated carbocycles. The molecule has 4 nitrogen and oxygen atoms in total. The molecule has 0 bridgehead atoms. The van der Waals surface area contributed by atoms with Crippen LogP contribution in [0.1, 0.15) is 362 Å². The summed E-state index contributed by atoms with van der Waals surface area (Å²) in [6.45, 7) is 12.1. The molecule has 78 heavy (non-hydrogen) atoms. The van der Waals surface area contributed by atoms with Gasteiger partial charge in [0.05, 0.1) is 37.2 Å². The molecule has 4 heteroatoms. The van der Waals surface area contributed by atoms with Crippen molar-refractivity contribution in [2.24, 2.45) is 0 Å². The maximum atomic E-state index is 7.13. The molecule has 0 saturated heterocycles. The van der Waals surface area contributed by atoms with Crippen molar-refractivity contribution < 1.29 is 18.9 Å². The van der Waals surface area contributed by atoms with Crippen LogP contribution in [0, 0.1) is 0 Å². The zero-order chi connectivity index (χ0) is 55.3. The van der Waals surface area contributed by atoms with E-state index in [9.17, 15) is 0 Å². The summed E-state index contributed by atoms with van der Waals surface area (Å²) >= 11 is 0. The second-order valence-electron chi connectivity index (χ2n) is 24.4. The van der Waals surface area contributed by atoms with E-state index in [1.54, 1.807) is 0 Å². The number of benzene rings is 3. The third-order valence-electron chi connectivity index (χ3n) is 17.0. The van der Waals surface area contributed by atoms with E-state index in [-0.39, 0.29) is 0 Å². The molecule has 0 radical (unpaired) electrons. The summed E-state index contributed by atoms with van der Waals surface area (Å²) in [6, 6.07) is 13.2. The van der Waals surface area contributed by atoms with E-state index in [2.05, 4.69) is 64.1 Å². The van der Waals surface area contributed by atoms with Crippen LogP contribution in [0.2, 0.25) is 0 Å². The fourth-order valence-corrected chi connectivity index (χ4v) is 11.9. The lowest BCUT2D eigenvalue weighted by Crippen LogP contribution is -2.06. The van der Waals surface area contributed by atoms with Crippen molar-refractivity contribution >= 4 is 21.5 Å². The zero-order valence-electron chi connectivity index (χ0n) is 52.7. The summed E-state index contributed by atoms with van der Waals surface area (Å²) < 4.78 is 27.9. The zero-order valence-corrected chi connectivity index (χ0v) is 52.7. The van der Waals surface area contributed by atoms with Gasteiger partial charge in [-0.05, 0) is 37.8 Å². The first-order valence-corrected chi connectivity index (χ1v) is 35.3. The highest BCUT2D eigenvalue weighted by Crippen LogP contribution is 2.50. The molecular formula is C74H130O4. The Labute approximate surface area is 485 Å². The second kappa shape index (κ2) is 52.5. The Bertz CT molecular complexity index is 1660. The highest BCUT2D eigenvalue weighted by Gasteiger charge is 2.23. The summed E-state index contributed by atoms with van der Waals surface area (Å²) in [5, 5.41) is 4.33.